The molecule has 0 saturated carbocycles. The van der Waals surface area contributed by atoms with E-state index in [0.29, 0.717) is 17.1 Å². The van der Waals surface area contributed by atoms with Gasteiger partial charge in [-0.2, -0.15) is 5.10 Å². The molecular formula is C26H25N5O2S. The lowest BCUT2D eigenvalue weighted by Gasteiger charge is -2.34. The number of allylic oxidation sites excluding steroid dienone is 3. The Morgan fingerprint density at radius 1 is 1.26 bits per heavy atom. The van der Waals surface area contributed by atoms with Crippen molar-refractivity contribution in [3.05, 3.63) is 82.6 Å². The predicted molar refractivity (Wildman–Crippen MR) is 134 cm³/mol. The Hall–Kier alpha value is -3.96. The maximum absolute atomic E-state index is 13.8. The molecule has 2 amide bonds. The lowest BCUT2D eigenvalue weighted by molar-refractivity contribution is -0.123. The highest BCUT2D eigenvalue weighted by Crippen LogP contribution is 2.29. The summed E-state index contributed by atoms with van der Waals surface area (Å²) in [7, 11) is 0. The average Bonchev–Trinajstić information content (AvgIpc) is 3.58. The number of terminal acetylenes is 1. The van der Waals surface area contributed by atoms with Gasteiger partial charge in [0.05, 0.1) is 5.69 Å². The highest BCUT2D eigenvalue weighted by molar-refractivity contribution is 7.10. The van der Waals surface area contributed by atoms with E-state index in [1.165, 1.54) is 16.2 Å². The van der Waals surface area contributed by atoms with Crippen molar-refractivity contribution < 1.29 is 9.59 Å². The van der Waals surface area contributed by atoms with Crippen LogP contribution >= 0.6 is 11.3 Å². The van der Waals surface area contributed by atoms with Gasteiger partial charge in [0, 0.05) is 29.0 Å². The first-order valence-electron chi connectivity index (χ1n) is 10.8. The number of carbonyl (C=O) groups excluding carboxylic acids is 2. The van der Waals surface area contributed by atoms with E-state index in [0.717, 1.165) is 11.3 Å². The highest BCUT2D eigenvalue weighted by Gasteiger charge is 2.37. The molecule has 2 aromatic heterocycles. The van der Waals surface area contributed by atoms with Gasteiger partial charge >= 0.3 is 0 Å². The quantitative estimate of drug-likeness (QED) is 0.549. The van der Waals surface area contributed by atoms with Crippen LogP contribution in [0.3, 0.4) is 0 Å². The van der Waals surface area contributed by atoms with Crippen molar-refractivity contribution in [1.82, 2.24) is 20.1 Å². The van der Waals surface area contributed by atoms with Gasteiger partial charge in [-0.05, 0) is 69.0 Å². The largest absolute Gasteiger partial charge is 0.349 e. The van der Waals surface area contributed by atoms with E-state index in [2.05, 4.69) is 21.3 Å². The van der Waals surface area contributed by atoms with Crippen LogP contribution in [0.25, 0.3) is 5.69 Å². The SMILES string of the molecule is C#Cc1nc(C(=O)N(c2ccc(-n3cccn3)cc2)C(C(=O)NC(C)(C)C)C2=CC=CC2)cs1. The van der Waals surface area contributed by atoms with Crippen LogP contribution < -0.4 is 10.2 Å². The van der Waals surface area contributed by atoms with E-state index < -0.39 is 17.5 Å². The Labute approximate surface area is 202 Å². The summed E-state index contributed by atoms with van der Waals surface area (Å²) in [5.74, 6) is 1.81. The molecule has 1 unspecified atom stereocenters. The van der Waals surface area contributed by atoms with Gasteiger partial charge in [0.2, 0.25) is 5.91 Å². The number of thiazole rings is 1. The third kappa shape index (κ3) is 5.00. The Balaban J connectivity index is 1.80. The summed E-state index contributed by atoms with van der Waals surface area (Å²) in [6, 6.07) is 8.32. The van der Waals surface area contributed by atoms with Crippen LogP contribution in [-0.2, 0) is 4.79 Å². The second-order valence-electron chi connectivity index (χ2n) is 8.84. The molecule has 1 aliphatic rings. The fourth-order valence-electron chi connectivity index (χ4n) is 3.69. The number of anilines is 1. The molecule has 4 rings (SSSR count). The molecule has 7 nitrogen and oxygen atoms in total. The van der Waals surface area contributed by atoms with Gasteiger partial charge in [-0.1, -0.05) is 18.2 Å². The normalized spacial score (nSPS) is 13.8. The standard InChI is InChI=1S/C26H25N5O2S/c1-5-22-28-21(17-34-22)25(33)31(20-13-11-19(12-14-20)30-16-8-15-27-30)23(18-9-6-7-10-18)24(32)29-26(2,3)4/h1,6-9,11-17,23H,10H2,2-4H3,(H,29,32). The Morgan fingerprint density at radius 2 is 2.03 bits per heavy atom. The van der Waals surface area contributed by atoms with Crippen LogP contribution in [-0.4, -0.2) is 38.2 Å². The van der Waals surface area contributed by atoms with E-state index in [9.17, 15) is 9.59 Å². The molecule has 34 heavy (non-hydrogen) atoms. The molecule has 2 heterocycles. The number of hydrogen-bond acceptors (Lipinski definition) is 5. The maximum atomic E-state index is 13.8. The highest BCUT2D eigenvalue weighted by atomic mass is 32.1. The minimum absolute atomic E-state index is 0.203. The zero-order valence-electron chi connectivity index (χ0n) is 19.2. The third-order valence-corrected chi connectivity index (χ3v) is 5.89. The first-order valence-corrected chi connectivity index (χ1v) is 11.7. The van der Waals surface area contributed by atoms with Crippen molar-refractivity contribution in [1.29, 1.82) is 0 Å². The van der Waals surface area contributed by atoms with E-state index >= 15 is 0 Å². The lowest BCUT2D eigenvalue weighted by atomic mass is 9.99. The van der Waals surface area contributed by atoms with E-state index in [-0.39, 0.29) is 11.6 Å². The van der Waals surface area contributed by atoms with Gasteiger partial charge in [0.15, 0.2) is 5.01 Å². The van der Waals surface area contributed by atoms with Crippen LogP contribution in [0, 0.1) is 12.3 Å². The smallest absolute Gasteiger partial charge is 0.278 e. The fourth-order valence-corrected chi connectivity index (χ4v) is 4.28. The van der Waals surface area contributed by atoms with Crippen molar-refractivity contribution in [2.75, 3.05) is 4.90 Å². The molecule has 3 aromatic rings. The molecule has 172 valence electrons. The van der Waals surface area contributed by atoms with Crippen LogP contribution in [0.5, 0.6) is 0 Å². The topological polar surface area (TPSA) is 80.1 Å². The van der Waals surface area contributed by atoms with Gasteiger partial charge in [0.1, 0.15) is 11.7 Å². The zero-order valence-corrected chi connectivity index (χ0v) is 20.0. The number of nitrogens with zero attached hydrogens (tertiary/aromatic N) is 4. The molecule has 1 atom stereocenters. The van der Waals surface area contributed by atoms with E-state index in [1.807, 2.05) is 75.5 Å². The van der Waals surface area contributed by atoms with E-state index in [1.54, 1.807) is 16.3 Å². The summed E-state index contributed by atoms with van der Waals surface area (Å²) in [6.07, 6.45) is 15.3. The molecule has 1 aromatic carbocycles. The summed E-state index contributed by atoms with van der Waals surface area (Å²) in [4.78, 5) is 33.2. The van der Waals surface area contributed by atoms with E-state index in [4.69, 9.17) is 6.42 Å². The molecule has 0 saturated heterocycles. The molecule has 0 bridgehead atoms. The molecule has 8 heteroatoms. The fraction of sp³-hybridized carbons (Fsp3) is 0.231. The summed E-state index contributed by atoms with van der Waals surface area (Å²) in [5.41, 5.74) is 1.95. The predicted octanol–water partition coefficient (Wildman–Crippen LogP) is 4.13. The molecule has 1 N–H and O–H groups in total. The molecule has 1 aliphatic carbocycles. The van der Waals surface area contributed by atoms with Crippen LogP contribution in [0.4, 0.5) is 5.69 Å². The molecule has 0 radical (unpaired) electrons. The average molecular weight is 472 g/mol. The monoisotopic (exact) mass is 471 g/mol. The molecular weight excluding hydrogens is 446 g/mol. The third-order valence-electron chi connectivity index (χ3n) is 5.12. The van der Waals surface area contributed by atoms with Crippen molar-refractivity contribution in [3.8, 4) is 18.0 Å². The van der Waals surface area contributed by atoms with Crippen molar-refractivity contribution >= 4 is 28.8 Å². The van der Waals surface area contributed by atoms with Gasteiger partial charge < -0.3 is 5.32 Å². The van der Waals surface area contributed by atoms with Gasteiger partial charge in [-0.3, -0.25) is 14.5 Å². The van der Waals surface area contributed by atoms with Gasteiger partial charge in [0.25, 0.3) is 5.91 Å². The second kappa shape index (κ2) is 9.49. The second-order valence-corrected chi connectivity index (χ2v) is 9.70. The van der Waals surface area contributed by atoms with Crippen molar-refractivity contribution in [2.45, 2.75) is 38.8 Å². The number of benzene rings is 1. The Kier molecular flexibility index (Phi) is 6.48. The van der Waals surface area contributed by atoms with Crippen molar-refractivity contribution in [2.24, 2.45) is 0 Å². The first-order chi connectivity index (χ1) is 16.3. The molecule has 0 aliphatic heterocycles. The minimum atomic E-state index is -0.853. The number of hydrogen-bond donors (Lipinski definition) is 1. The number of amides is 2. The number of carbonyl (C=O) groups is 2. The summed E-state index contributed by atoms with van der Waals surface area (Å²) in [6.45, 7) is 5.73. The summed E-state index contributed by atoms with van der Waals surface area (Å²) >= 11 is 1.22. The molecule has 0 fully saturated rings. The van der Waals surface area contributed by atoms with Gasteiger partial charge in [-0.25, -0.2) is 9.67 Å². The van der Waals surface area contributed by atoms with Crippen molar-refractivity contribution in [3.63, 3.8) is 0 Å². The first kappa shape index (κ1) is 23.2. The van der Waals surface area contributed by atoms with Crippen LogP contribution in [0.15, 0.2) is 71.9 Å². The Bertz CT molecular complexity index is 1290. The van der Waals surface area contributed by atoms with Crippen LogP contribution in [0.2, 0.25) is 0 Å². The number of rotatable bonds is 6. The van der Waals surface area contributed by atoms with Gasteiger partial charge in [-0.15, -0.1) is 17.8 Å². The summed E-state index contributed by atoms with van der Waals surface area (Å²) < 4.78 is 1.72. The molecule has 0 spiro atoms. The lowest BCUT2D eigenvalue weighted by Crippen LogP contribution is -2.55. The maximum Gasteiger partial charge on any atom is 0.278 e. The number of aromatic nitrogens is 3. The minimum Gasteiger partial charge on any atom is -0.349 e. The van der Waals surface area contributed by atoms with Crippen LogP contribution in [0.1, 0.15) is 42.7 Å². The Morgan fingerprint density at radius 3 is 2.59 bits per heavy atom. The summed E-state index contributed by atoms with van der Waals surface area (Å²) in [5, 5.41) is 9.33. The zero-order chi connectivity index (χ0) is 24.3. The number of nitrogens with one attached hydrogen (secondary N) is 1.